The van der Waals surface area contributed by atoms with E-state index in [1.807, 2.05) is 13.0 Å². The zero-order valence-corrected chi connectivity index (χ0v) is 16.7. The van der Waals surface area contributed by atoms with Crippen molar-refractivity contribution in [2.24, 2.45) is 0 Å². The summed E-state index contributed by atoms with van der Waals surface area (Å²) in [4.78, 5) is 27.2. The number of carbonyl (C=O) groups excluding carboxylic acids is 2. The number of Topliss-reactive ketones (excluding diaryl/α,β-unsaturated/α-hetero) is 1. The van der Waals surface area contributed by atoms with Crippen molar-refractivity contribution in [3.05, 3.63) is 106 Å². The van der Waals surface area contributed by atoms with Crippen LogP contribution >= 0.6 is 11.6 Å². The van der Waals surface area contributed by atoms with Gasteiger partial charge in [-0.15, -0.1) is 0 Å². The van der Waals surface area contributed by atoms with E-state index in [1.54, 1.807) is 42.5 Å². The van der Waals surface area contributed by atoms with Crippen molar-refractivity contribution < 1.29 is 19.1 Å². The Bertz CT molecular complexity index is 1200. The van der Waals surface area contributed by atoms with Crippen LogP contribution in [-0.2, 0) is 9.59 Å². The first-order chi connectivity index (χ1) is 14.4. The van der Waals surface area contributed by atoms with Crippen LogP contribution in [0.3, 0.4) is 0 Å². The van der Waals surface area contributed by atoms with Gasteiger partial charge in [0.2, 0.25) is 0 Å². The first-order valence-electron chi connectivity index (χ1n) is 9.26. The minimum absolute atomic E-state index is 0.113. The molecule has 1 fully saturated rings. The average Bonchev–Trinajstić information content (AvgIpc) is 2.98. The monoisotopic (exact) mass is 421 g/mol. The fraction of sp³-hybridized carbons (Fsp3) is 0.0833. The van der Waals surface area contributed by atoms with Crippen LogP contribution in [0, 0.1) is 12.7 Å². The highest BCUT2D eigenvalue weighted by Crippen LogP contribution is 2.43. The molecule has 1 aliphatic rings. The van der Waals surface area contributed by atoms with Crippen LogP contribution in [0.15, 0.2) is 78.4 Å². The van der Waals surface area contributed by atoms with Gasteiger partial charge in [-0.1, -0.05) is 54.1 Å². The van der Waals surface area contributed by atoms with Crippen molar-refractivity contribution in [3.8, 4) is 0 Å². The summed E-state index contributed by atoms with van der Waals surface area (Å²) >= 11 is 6.03. The predicted octanol–water partition coefficient (Wildman–Crippen LogP) is 5.41. The van der Waals surface area contributed by atoms with Crippen LogP contribution in [0.25, 0.3) is 5.76 Å². The molecule has 1 atom stereocenters. The lowest BCUT2D eigenvalue weighted by Crippen LogP contribution is -2.29. The molecule has 30 heavy (non-hydrogen) atoms. The van der Waals surface area contributed by atoms with Crippen LogP contribution in [-0.4, -0.2) is 16.8 Å². The molecule has 0 saturated carbocycles. The summed E-state index contributed by atoms with van der Waals surface area (Å²) in [5.41, 5.74) is 1.51. The molecule has 1 unspecified atom stereocenters. The second-order valence-corrected chi connectivity index (χ2v) is 7.48. The normalized spacial score (nSPS) is 18.1. The Balaban J connectivity index is 1.99. The fourth-order valence-corrected chi connectivity index (χ4v) is 3.85. The number of halogens is 2. The van der Waals surface area contributed by atoms with Gasteiger partial charge in [0.05, 0.1) is 11.6 Å². The summed E-state index contributed by atoms with van der Waals surface area (Å²) in [6.45, 7) is 1.85. The summed E-state index contributed by atoms with van der Waals surface area (Å²) in [6.07, 6.45) is 0. The zero-order chi connectivity index (χ0) is 21.4. The molecule has 1 heterocycles. The quantitative estimate of drug-likeness (QED) is 0.349. The van der Waals surface area contributed by atoms with Gasteiger partial charge in [0, 0.05) is 21.8 Å². The third-order valence-corrected chi connectivity index (χ3v) is 5.26. The fourth-order valence-electron chi connectivity index (χ4n) is 3.66. The molecule has 0 spiro atoms. The summed E-state index contributed by atoms with van der Waals surface area (Å²) < 4.78 is 14.8. The van der Waals surface area contributed by atoms with E-state index in [-0.39, 0.29) is 16.7 Å². The summed E-state index contributed by atoms with van der Waals surface area (Å²) in [5.74, 6) is -2.71. The van der Waals surface area contributed by atoms with E-state index >= 15 is 0 Å². The van der Waals surface area contributed by atoms with E-state index in [2.05, 4.69) is 0 Å². The van der Waals surface area contributed by atoms with Gasteiger partial charge in [-0.3, -0.25) is 14.5 Å². The molecule has 1 N–H and O–H groups in total. The van der Waals surface area contributed by atoms with Gasteiger partial charge in [-0.05, 0) is 42.8 Å². The van der Waals surface area contributed by atoms with Crippen LogP contribution in [0.2, 0.25) is 5.02 Å². The number of anilines is 1. The maximum atomic E-state index is 14.8. The van der Waals surface area contributed by atoms with Crippen LogP contribution in [0.4, 0.5) is 10.1 Å². The number of aliphatic hydroxyl groups is 1. The molecule has 4 nitrogen and oxygen atoms in total. The van der Waals surface area contributed by atoms with Crippen LogP contribution in [0.5, 0.6) is 0 Å². The Labute approximate surface area is 177 Å². The van der Waals surface area contributed by atoms with Gasteiger partial charge >= 0.3 is 0 Å². The second kappa shape index (κ2) is 7.76. The lowest BCUT2D eigenvalue weighted by Gasteiger charge is -2.26. The molecular formula is C24H17ClFNO3. The first-order valence-corrected chi connectivity index (χ1v) is 9.64. The minimum atomic E-state index is -1.12. The largest absolute Gasteiger partial charge is 0.507 e. The van der Waals surface area contributed by atoms with Crippen molar-refractivity contribution in [3.63, 3.8) is 0 Å². The van der Waals surface area contributed by atoms with Gasteiger partial charge in [0.25, 0.3) is 11.7 Å². The first kappa shape index (κ1) is 19.9. The standard InChI is InChI=1S/C24H17ClFNO3/c1-14-6-4-9-17(12-14)27-21(18-10-2-3-11-19(18)26)20(23(29)24(27)30)22(28)15-7-5-8-16(25)13-15/h2-13,21,28H,1H3/b22-20+. The van der Waals surface area contributed by atoms with Gasteiger partial charge in [0.1, 0.15) is 11.6 Å². The van der Waals surface area contributed by atoms with E-state index < -0.39 is 29.3 Å². The second-order valence-electron chi connectivity index (χ2n) is 7.04. The highest BCUT2D eigenvalue weighted by Gasteiger charge is 2.47. The molecule has 1 aliphatic heterocycles. The highest BCUT2D eigenvalue weighted by atomic mass is 35.5. The van der Waals surface area contributed by atoms with Crippen LogP contribution < -0.4 is 4.90 Å². The molecule has 150 valence electrons. The molecule has 1 amide bonds. The Morgan fingerprint density at radius 2 is 1.73 bits per heavy atom. The molecular weight excluding hydrogens is 405 g/mol. The van der Waals surface area contributed by atoms with Crippen molar-refractivity contribution in [2.45, 2.75) is 13.0 Å². The van der Waals surface area contributed by atoms with Crippen molar-refractivity contribution in [2.75, 3.05) is 4.90 Å². The van der Waals surface area contributed by atoms with E-state index in [9.17, 15) is 19.1 Å². The molecule has 0 aliphatic carbocycles. The molecule has 1 saturated heterocycles. The zero-order valence-electron chi connectivity index (χ0n) is 16.0. The topological polar surface area (TPSA) is 57.6 Å². The number of hydrogen-bond acceptors (Lipinski definition) is 3. The number of aliphatic hydroxyl groups excluding tert-OH is 1. The lowest BCUT2D eigenvalue weighted by molar-refractivity contribution is -0.132. The number of amides is 1. The Kier molecular flexibility index (Phi) is 5.14. The Morgan fingerprint density at radius 1 is 1.00 bits per heavy atom. The number of benzene rings is 3. The third kappa shape index (κ3) is 3.37. The molecule has 3 aromatic carbocycles. The molecule has 0 radical (unpaired) electrons. The van der Waals surface area contributed by atoms with E-state index in [0.717, 1.165) is 5.56 Å². The minimum Gasteiger partial charge on any atom is -0.507 e. The molecule has 3 aromatic rings. The van der Waals surface area contributed by atoms with Gasteiger partial charge in [-0.2, -0.15) is 0 Å². The van der Waals surface area contributed by atoms with Gasteiger partial charge in [-0.25, -0.2) is 4.39 Å². The maximum absolute atomic E-state index is 14.8. The van der Waals surface area contributed by atoms with Crippen LogP contribution in [0.1, 0.15) is 22.7 Å². The Morgan fingerprint density at radius 3 is 2.43 bits per heavy atom. The SMILES string of the molecule is Cc1cccc(N2C(=O)C(=O)/C(=C(/O)c3cccc(Cl)c3)C2c2ccccc2F)c1. The number of ketones is 1. The average molecular weight is 422 g/mol. The van der Waals surface area contributed by atoms with Crippen molar-refractivity contribution in [1.29, 1.82) is 0 Å². The number of nitrogens with zero attached hydrogens (tertiary/aromatic N) is 1. The smallest absolute Gasteiger partial charge is 0.300 e. The van der Waals surface area contributed by atoms with Crippen molar-refractivity contribution in [1.82, 2.24) is 0 Å². The predicted molar refractivity (Wildman–Crippen MR) is 114 cm³/mol. The summed E-state index contributed by atoms with van der Waals surface area (Å²) in [7, 11) is 0. The van der Waals surface area contributed by atoms with E-state index in [4.69, 9.17) is 11.6 Å². The summed E-state index contributed by atoms with van der Waals surface area (Å²) in [5, 5.41) is 11.3. The van der Waals surface area contributed by atoms with E-state index in [0.29, 0.717) is 10.7 Å². The highest BCUT2D eigenvalue weighted by molar-refractivity contribution is 6.51. The number of carbonyl (C=O) groups is 2. The molecule has 0 aromatic heterocycles. The summed E-state index contributed by atoms with van der Waals surface area (Å²) in [6, 6.07) is 18.1. The molecule has 4 rings (SSSR count). The molecule has 0 bridgehead atoms. The number of aryl methyl sites for hydroxylation is 1. The maximum Gasteiger partial charge on any atom is 0.300 e. The third-order valence-electron chi connectivity index (χ3n) is 5.02. The Hall–Kier alpha value is -3.44. The lowest BCUT2D eigenvalue weighted by atomic mass is 9.94. The van der Waals surface area contributed by atoms with Gasteiger partial charge in [0.15, 0.2) is 0 Å². The number of rotatable bonds is 3. The van der Waals surface area contributed by atoms with E-state index in [1.165, 1.54) is 29.2 Å². The van der Waals surface area contributed by atoms with Gasteiger partial charge < -0.3 is 5.11 Å². The molecule has 6 heteroatoms. The number of hydrogen-bond donors (Lipinski definition) is 1. The van der Waals surface area contributed by atoms with Crippen molar-refractivity contribution >= 4 is 34.7 Å².